The van der Waals surface area contributed by atoms with E-state index < -0.39 is 31.2 Å². The van der Waals surface area contributed by atoms with E-state index in [2.05, 4.69) is 60.4 Å². The van der Waals surface area contributed by atoms with Crippen molar-refractivity contribution in [3.05, 3.63) is 0 Å². The van der Waals surface area contributed by atoms with E-state index >= 15 is 0 Å². The predicted octanol–water partition coefficient (Wildman–Crippen LogP) is 5.80. The molecule has 35 heavy (non-hydrogen) atoms. The second-order valence-corrected chi connectivity index (χ2v) is 26.5. The van der Waals surface area contributed by atoms with E-state index in [1.807, 2.05) is 0 Å². The fourth-order valence-electron chi connectivity index (χ4n) is 5.20. The number of amides is 2. The summed E-state index contributed by atoms with van der Waals surface area (Å²) in [4.78, 5) is 24.5. The number of aliphatic hydroxyl groups is 1. The summed E-state index contributed by atoms with van der Waals surface area (Å²) in [6, 6.07) is 2.00. The molecule has 206 valence electrons. The van der Waals surface area contributed by atoms with E-state index in [9.17, 15) is 14.7 Å². The van der Waals surface area contributed by atoms with Gasteiger partial charge in [0, 0.05) is 27.5 Å². The maximum Gasteiger partial charge on any atom is 0.325 e. The lowest BCUT2D eigenvalue weighted by Gasteiger charge is -2.43. The van der Waals surface area contributed by atoms with Crippen molar-refractivity contribution in [3.8, 4) is 0 Å². The monoisotopic (exact) mass is 547 g/mol. The summed E-state index contributed by atoms with van der Waals surface area (Å²) in [6.45, 7) is 20.8. The van der Waals surface area contributed by atoms with Crippen molar-refractivity contribution in [2.45, 2.75) is 135 Å². The van der Waals surface area contributed by atoms with E-state index in [1.54, 1.807) is 0 Å². The molecule has 0 saturated carbocycles. The Morgan fingerprint density at radius 1 is 0.943 bits per heavy atom. The van der Waals surface area contributed by atoms with Crippen LogP contribution in [0.5, 0.6) is 0 Å². The first kappa shape index (κ1) is 32.7. The van der Waals surface area contributed by atoms with Gasteiger partial charge in [-0.25, -0.2) is 0 Å². The van der Waals surface area contributed by atoms with Gasteiger partial charge in [0.15, 0.2) is 14.5 Å². The molecule has 0 aliphatic carbocycles. The minimum atomic E-state index is -2.49. The molecular weight excluding hydrogens is 495 g/mol. The molecule has 1 saturated heterocycles. The standard InChI is InChI=1S/C25H53NO6Si3/c1-10-11-12-13-18-34(8,21-33(5,6)7)32-35(9,31-25(2,3)4)19-14-17-30-20-24(29)26-22(27)15-16-23(26)28/h24,29H,10-21H2,1-9H3. The lowest BCUT2D eigenvalue weighted by Crippen LogP contribution is -2.55. The molecule has 0 radical (unpaired) electrons. The van der Waals surface area contributed by atoms with Crippen molar-refractivity contribution in [2.24, 2.45) is 0 Å². The number of imide groups is 1. The zero-order valence-electron chi connectivity index (χ0n) is 24.0. The third-order valence-corrected chi connectivity index (χ3v) is 20.7. The first-order chi connectivity index (χ1) is 16.0. The number of unbranched alkanes of at least 4 members (excludes halogenated alkanes) is 3. The van der Waals surface area contributed by atoms with Gasteiger partial charge >= 0.3 is 8.56 Å². The average molecular weight is 548 g/mol. The summed E-state index contributed by atoms with van der Waals surface area (Å²) in [7, 11) is -5.75. The molecule has 1 fully saturated rings. The number of hydrogen-bond donors (Lipinski definition) is 1. The SMILES string of the molecule is CCCCCC[Si](C)(C[Si](C)(C)C)O[Si](C)(CCCOCC(O)N1C(=O)CCC1=O)OC(C)(C)C. The molecule has 3 unspecified atom stereocenters. The van der Waals surface area contributed by atoms with Crippen LogP contribution >= 0.6 is 0 Å². The van der Waals surface area contributed by atoms with Crippen LogP contribution in [0.4, 0.5) is 0 Å². The topological polar surface area (TPSA) is 85.3 Å². The van der Waals surface area contributed by atoms with Crippen molar-refractivity contribution in [2.75, 3.05) is 13.2 Å². The van der Waals surface area contributed by atoms with Crippen LogP contribution in [-0.4, -0.2) is 71.8 Å². The number of rotatable bonds is 17. The lowest BCUT2D eigenvalue weighted by molar-refractivity contribution is -0.153. The first-order valence-electron chi connectivity index (χ1n) is 13.5. The van der Waals surface area contributed by atoms with Crippen LogP contribution in [0.25, 0.3) is 0 Å². The summed E-state index contributed by atoms with van der Waals surface area (Å²) in [6.07, 6.45) is 4.89. The Labute approximate surface area is 217 Å². The maximum absolute atomic E-state index is 11.8. The zero-order valence-corrected chi connectivity index (χ0v) is 27.0. The molecular formula is C25H53NO6Si3. The molecule has 2 amide bonds. The van der Waals surface area contributed by atoms with Gasteiger partial charge in [-0.15, -0.1) is 0 Å². The molecule has 10 heteroatoms. The molecule has 1 heterocycles. The van der Waals surface area contributed by atoms with E-state index in [-0.39, 0.29) is 36.9 Å². The van der Waals surface area contributed by atoms with E-state index in [4.69, 9.17) is 13.3 Å². The largest absolute Gasteiger partial charge is 0.436 e. The van der Waals surface area contributed by atoms with E-state index in [0.29, 0.717) is 6.61 Å². The van der Waals surface area contributed by atoms with Gasteiger partial charge in [-0.1, -0.05) is 52.2 Å². The molecule has 0 aromatic heterocycles. The van der Waals surface area contributed by atoms with Crippen molar-refractivity contribution in [3.63, 3.8) is 0 Å². The summed E-state index contributed by atoms with van der Waals surface area (Å²) in [5.41, 5.74) is 0.952. The highest BCUT2D eigenvalue weighted by Crippen LogP contribution is 2.34. The van der Waals surface area contributed by atoms with Crippen molar-refractivity contribution in [1.29, 1.82) is 0 Å². The van der Waals surface area contributed by atoms with Crippen LogP contribution in [0.15, 0.2) is 0 Å². The number of ether oxygens (including phenoxy) is 1. The predicted molar refractivity (Wildman–Crippen MR) is 150 cm³/mol. The highest BCUT2D eigenvalue weighted by Gasteiger charge is 2.45. The van der Waals surface area contributed by atoms with Gasteiger partial charge in [0.2, 0.25) is 11.8 Å². The molecule has 0 aromatic carbocycles. The van der Waals surface area contributed by atoms with Gasteiger partial charge < -0.3 is 18.4 Å². The van der Waals surface area contributed by atoms with E-state index in [1.165, 1.54) is 37.4 Å². The smallest absolute Gasteiger partial charge is 0.325 e. The molecule has 1 N–H and O–H groups in total. The molecule has 1 aliphatic rings. The van der Waals surface area contributed by atoms with Crippen LogP contribution < -0.4 is 0 Å². The van der Waals surface area contributed by atoms with Crippen molar-refractivity contribution >= 4 is 36.8 Å². The van der Waals surface area contributed by atoms with Crippen molar-refractivity contribution in [1.82, 2.24) is 4.90 Å². The second-order valence-electron chi connectivity index (χ2n) is 12.8. The van der Waals surface area contributed by atoms with E-state index in [0.717, 1.165) is 17.4 Å². The van der Waals surface area contributed by atoms with Gasteiger partial charge in [0.1, 0.15) is 0 Å². The first-order valence-corrected chi connectivity index (χ1v) is 22.6. The Morgan fingerprint density at radius 2 is 1.54 bits per heavy atom. The van der Waals surface area contributed by atoms with Crippen LogP contribution in [0, 0.1) is 0 Å². The quantitative estimate of drug-likeness (QED) is 0.141. The van der Waals surface area contributed by atoms with Gasteiger partial charge in [-0.2, -0.15) is 0 Å². The van der Waals surface area contributed by atoms with Crippen LogP contribution in [-0.2, 0) is 22.9 Å². The van der Waals surface area contributed by atoms with Gasteiger partial charge in [0.25, 0.3) is 0 Å². The average Bonchev–Trinajstić information content (AvgIpc) is 3.00. The van der Waals surface area contributed by atoms with Crippen LogP contribution in [0.2, 0.25) is 50.5 Å². The molecule has 1 aliphatic heterocycles. The van der Waals surface area contributed by atoms with Crippen LogP contribution in [0.1, 0.15) is 72.6 Å². The molecule has 0 spiro atoms. The number of carbonyl (C=O) groups excluding carboxylic acids is 2. The Balaban J connectivity index is 2.77. The highest BCUT2D eigenvalue weighted by molar-refractivity contribution is 6.95. The van der Waals surface area contributed by atoms with Gasteiger partial charge in [-0.3, -0.25) is 14.5 Å². The number of nitrogens with zero attached hydrogens (tertiary/aromatic N) is 1. The minimum absolute atomic E-state index is 0.0593. The third-order valence-electron chi connectivity index (χ3n) is 6.02. The summed E-state index contributed by atoms with van der Waals surface area (Å²) in [5.74, 6) is -0.660. The Hall–Kier alpha value is -0.369. The number of carbonyl (C=O) groups is 2. The fraction of sp³-hybridized carbons (Fsp3) is 0.920. The number of hydrogen-bond acceptors (Lipinski definition) is 6. The highest BCUT2D eigenvalue weighted by atomic mass is 28.5. The molecule has 3 atom stereocenters. The Morgan fingerprint density at radius 3 is 2.06 bits per heavy atom. The summed E-state index contributed by atoms with van der Waals surface area (Å²) < 4.78 is 19.5. The number of likely N-dealkylation sites (tertiary alicyclic amines) is 1. The third kappa shape index (κ3) is 13.1. The Kier molecular flexibility index (Phi) is 13.0. The van der Waals surface area contributed by atoms with Crippen LogP contribution in [0.3, 0.4) is 0 Å². The zero-order chi connectivity index (χ0) is 26.9. The summed E-state index contributed by atoms with van der Waals surface area (Å²) in [5, 5.41) is 10.2. The molecule has 0 bridgehead atoms. The maximum atomic E-state index is 11.8. The molecule has 0 aromatic rings. The molecule has 1 rings (SSSR count). The fourth-order valence-corrected chi connectivity index (χ4v) is 24.2. The van der Waals surface area contributed by atoms with Gasteiger partial charge in [0.05, 0.1) is 12.2 Å². The minimum Gasteiger partial charge on any atom is -0.436 e. The Bertz CT molecular complexity index is 665. The second kappa shape index (κ2) is 14.0. The molecule has 7 nitrogen and oxygen atoms in total. The normalized spacial score (nSPS) is 19.7. The summed E-state index contributed by atoms with van der Waals surface area (Å²) >= 11 is 0. The lowest BCUT2D eigenvalue weighted by atomic mass is 10.2. The number of aliphatic hydroxyl groups excluding tert-OH is 1. The van der Waals surface area contributed by atoms with Crippen molar-refractivity contribution < 1.29 is 28.0 Å². The van der Waals surface area contributed by atoms with Gasteiger partial charge in [-0.05, 0) is 58.0 Å².